The molecule has 3 N–H and O–H groups in total. The van der Waals surface area contributed by atoms with Crippen molar-refractivity contribution in [2.24, 2.45) is 10.7 Å². The average Bonchev–Trinajstić information content (AvgIpc) is 2.86. The van der Waals surface area contributed by atoms with Gasteiger partial charge in [0, 0.05) is 11.4 Å². The van der Waals surface area contributed by atoms with E-state index in [9.17, 15) is 0 Å². The second kappa shape index (κ2) is 9.79. The fourth-order valence-electron chi connectivity index (χ4n) is 2.62. The Labute approximate surface area is 131 Å². The SMILES string of the molecule is NC(=NCCOC1CCCCCC1)NCCc1cccs1. The predicted molar refractivity (Wildman–Crippen MR) is 90.0 cm³/mol. The first-order valence-corrected chi connectivity index (χ1v) is 8.90. The van der Waals surface area contributed by atoms with Crippen molar-refractivity contribution in [1.82, 2.24) is 5.32 Å². The first kappa shape index (κ1) is 16.3. The summed E-state index contributed by atoms with van der Waals surface area (Å²) >= 11 is 1.77. The van der Waals surface area contributed by atoms with Gasteiger partial charge < -0.3 is 15.8 Å². The third-order valence-corrected chi connectivity index (χ3v) is 4.72. The Morgan fingerprint density at radius 3 is 2.86 bits per heavy atom. The lowest BCUT2D eigenvalue weighted by Gasteiger charge is -2.14. The minimum absolute atomic E-state index is 0.440. The molecule has 2 rings (SSSR count). The second-order valence-electron chi connectivity index (χ2n) is 5.51. The molecule has 0 unspecified atom stereocenters. The van der Waals surface area contributed by atoms with Crippen LogP contribution in [0.2, 0.25) is 0 Å². The summed E-state index contributed by atoms with van der Waals surface area (Å²) in [4.78, 5) is 5.68. The zero-order valence-electron chi connectivity index (χ0n) is 12.7. The van der Waals surface area contributed by atoms with Gasteiger partial charge in [-0.3, -0.25) is 4.99 Å². The van der Waals surface area contributed by atoms with E-state index >= 15 is 0 Å². The largest absolute Gasteiger partial charge is 0.376 e. The third-order valence-electron chi connectivity index (χ3n) is 3.79. The highest BCUT2D eigenvalue weighted by atomic mass is 32.1. The van der Waals surface area contributed by atoms with Crippen LogP contribution < -0.4 is 11.1 Å². The smallest absolute Gasteiger partial charge is 0.188 e. The lowest BCUT2D eigenvalue weighted by atomic mass is 10.1. The van der Waals surface area contributed by atoms with E-state index in [1.54, 1.807) is 11.3 Å². The van der Waals surface area contributed by atoms with Crippen LogP contribution in [0.1, 0.15) is 43.4 Å². The molecule has 0 spiro atoms. The zero-order chi connectivity index (χ0) is 14.8. The molecule has 1 aliphatic rings. The Kier molecular flexibility index (Phi) is 7.60. The molecule has 0 bridgehead atoms. The van der Waals surface area contributed by atoms with Crippen molar-refractivity contribution in [3.63, 3.8) is 0 Å². The van der Waals surface area contributed by atoms with Gasteiger partial charge in [-0.15, -0.1) is 11.3 Å². The van der Waals surface area contributed by atoms with Crippen molar-refractivity contribution < 1.29 is 4.74 Å². The standard InChI is InChI=1S/C16H27N3OS/c17-16(18-10-9-15-8-5-13-21-15)19-11-12-20-14-6-3-1-2-4-7-14/h5,8,13-14H,1-4,6-7,9-12H2,(H3,17,18,19). The fraction of sp³-hybridized carbons (Fsp3) is 0.688. The molecule has 0 aromatic carbocycles. The van der Waals surface area contributed by atoms with Gasteiger partial charge in [0.15, 0.2) is 5.96 Å². The maximum Gasteiger partial charge on any atom is 0.188 e. The summed E-state index contributed by atoms with van der Waals surface area (Å²) in [5.74, 6) is 0.524. The Balaban J connectivity index is 1.53. The van der Waals surface area contributed by atoms with Crippen LogP contribution in [0.3, 0.4) is 0 Å². The van der Waals surface area contributed by atoms with Gasteiger partial charge >= 0.3 is 0 Å². The van der Waals surface area contributed by atoms with Crippen LogP contribution in [0.5, 0.6) is 0 Å². The first-order valence-electron chi connectivity index (χ1n) is 8.02. The zero-order valence-corrected chi connectivity index (χ0v) is 13.5. The number of guanidine groups is 1. The molecule has 118 valence electrons. The summed E-state index contributed by atoms with van der Waals surface area (Å²) in [6, 6.07) is 4.21. The number of nitrogens with two attached hydrogens (primary N) is 1. The minimum Gasteiger partial charge on any atom is -0.376 e. The van der Waals surface area contributed by atoms with Crippen molar-refractivity contribution in [2.75, 3.05) is 19.7 Å². The van der Waals surface area contributed by atoms with E-state index in [1.165, 1.54) is 43.4 Å². The predicted octanol–water partition coefficient (Wildman–Crippen LogP) is 2.93. The average molecular weight is 309 g/mol. The molecule has 4 nitrogen and oxygen atoms in total. The van der Waals surface area contributed by atoms with E-state index in [0.717, 1.165) is 13.0 Å². The van der Waals surface area contributed by atoms with Gasteiger partial charge in [0.25, 0.3) is 0 Å². The molecule has 1 aliphatic carbocycles. The summed E-state index contributed by atoms with van der Waals surface area (Å²) in [5.41, 5.74) is 5.84. The van der Waals surface area contributed by atoms with Crippen molar-refractivity contribution in [2.45, 2.75) is 51.0 Å². The van der Waals surface area contributed by atoms with Crippen LogP contribution in [0.25, 0.3) is 0 Å². The molecular formula is C16H27N3OS. The Morgan fingerprint density at radius 1 is 1.33 bits per heavy atom. The molecule has 1 aromatic heterocycles. The van der Waals surface area contributed by atoms with E-state index < -0.39 is 0 Å². The molecule has 0 amide bonds. The quantitative estimate of drug-likeness (QED) is 0.352. The first-order chi connectivity index (χ1) is 10.3. The molecular weight excluding hydrogens is 282 g/mol. The van der Waals surface area contributed by atoms with Crippen LogP contribution in [0, 0.1) is 0 Å². The highest BCUT2D eigenvalue weighted by Gasteiger charge is 2.11. The monoisotopic (exact) mass is 309 g/mol. The topological polar surface area (TPSA) is 59.6 Å². The molecule has 21 heavy (non-hydrogen) atoms. The molecule has 1 heterocycles. The van der Waals surface area contributed by atoms with Crippen molar-refractivity contribution in [3.05, 3.63) is 22.4 Å². The summed E-state index contributed by atoms with van der Waals surface area (Å²) in [5, 5.41) is 5.24. The number of hydrogen-bond donors (Lipinski definition) is 2. The van der Waals surface area contributed by atoms with E-state index in [2.05, 4.69) is 27.8 Å². The van der Waals surface area contributed by atoms with Gasteiger partial charge in [-0.2, -0.15) is 0 Å². The Morgan fingerprint density at radius 2 is 2.14 bits per heavy atom. The summed E-state index contributed by atoms with van der Waals surface area (Å²) < 4.78 is 5.89. The Bertz CT molecular complexity index is 398. The van der Waals surface area contributed by atoms with Gasteiger partial charge in [-0.05, 0) is 30.7 Å². The van der Waals surface area contributed by atoms with Crippen LogP contribution in [-0.4, -0.2) is 31.8 Å². The summed E-state index contributed by atoms with van der Waals surface area (Å²) in [6.45, 7) is 2.16. The second-order valence-corrected chi connectivity index (χ2v) is 6.54. The maximum absolute atomic E-state index is 5.89. The number of hydrogen-bond acceptors (Lipinski definition) is 3. The number of rotatable bonds is 7. The maximum atomic E-state index is 5.89. The van der Waals surface area contributed by atoms with Gasteiger partial charge in [0.2, 0.25) is 0 Å². The highest BCUT2D eigenvalue weighted by Crippen LogP contribution is 2.19. The molecule has 5 heteroatoms. The number of aliphatic imine (C=N–C) groups is 1. The fourth-order valence-corrected chi connectivity index (χ4v) is 3.33. The van der Waals surface area contributed by atoms with Crippen molar-refractivity contribution in [1.29, 1.82) is 0 Å². The van der Waals surface area contributed by atoms with Gasteiger partial charge in [0.1, 0.15) is 0 Å². The minimum atomic E-state index is 0.440. The van der Waals surface area contributed by atoms with Gasteiger partial charge in [-0.25, -0.2) is 0 Å². The summed E-state index contributed by atoms with van der Waals surface area (Å²) in [6.07, 6.45) is 9.18. The molecule has 0 atom stereocenters. The Hall–Kier alpha value is -1.07. The normalized spacial score (nSPS) is 17.6. The lowest BCUT2D eigenvalue weighted by Crippen LogP contribution is -2.33. The third kappa shape index (κ3) is 6.96. The van der Waals surface area contributed by atoms with Crippen LogP contribution in [0.4, 0.5) is 0 Å². The van der Waals surface area contributed by atoms with Gasteiger partial charge in [-0.1, -0.05) is 31.7 Å². The van der Waals surface area contributed by atoms with Crippen LogP contribution in [0.15, 0.2) is 22.5 Å². The molecule has 1 fully saturated rings. The number of thiophene rings is 1. The van der Waals surface area contributed by atoms with Crippen molar-refractivity contribution in [3.8, 4) is 0 Å². The highest BCUT2D eigenvalue weighted by molar-refractivity contribution is 7.09. The summed E-state index contributed by atoms with van der Waals surface area (Å²) in [7, 11) is 0. The van der Waals surface area contributed by atoms with Gasteiger partial charge in [0.05, 0.1) is 19.3 Å². The molecule has 0 saturated heterocycles. The molecule has 1 aromatic rings. The molecule has 0 aliphatic heterocycles. The van der Waals surface area contributed by atoms with Crippen molar-refractivity contribution >= 4 is 17.3 Å². The number of nitrogens with one attached hydrogen (secondary N) is 1. The van der Waals surface area contributed by atoms with Crippen LogP contribution in [-0.2, 0) is 11.2 Å². The number of ether oxygens (including phenoxy) is 1. The lowest BCUT2D eigenvalue weighted by molar-refractivity contribution is 0.0487. The van der Waals surface area contributed by atoms with E-state index in [0.29, 0.717) is 25.2 Å². The number of nitrogens with zero attached hydrogens (tertiary/aromatic N) is 1. The van der Waals surface area contributed by atoms with E-state index in [-0.39, 0.29) is 0 Å². The molecule has 1 saturated carbocycles. The van der Waals surface area contributed by atoms with Crippen LogP contribution >= 0.6 is 11.3 Å². The van der Waals surface area contributed by atoms with E-state index in [1.807, 2.05) is 0 Å². The van der Waals surface area contributed by atoms with E-state index in [4.69, 9.17) is 10.5 Å². The molecule has 0 radical (unpaired) electrons.